The SMILES string of the molecule is C[C@H]1Oc2ccc(NC(=O)c3cnc4ccccc4n3)cc2CN(CCc2ccc(F)cc2)C1=O. The summed E-state index contributed by atoms with van der Waals surface area (Å²) in [5.41, 5.74) is 3.84. The van der Waals surface area contributed by atoms with E-state index in [1.54, 1.807) is 48.2 Å². The zero-order valence-electron chi connectivity index (χ0n) is 19.1. The molecule has 0 spiro atoms. The molecular weight excluding hydrogens is 447 g/mol. The normalized spacial score (nSPS) is 15.3. The fourth-order valence-corrected chi connectivity index (χ4v) is 4.04. The largest absolute Gasteiger partial charge is 0.481 e. The van der Waals surface area contributed by atoms with Gasteiger partial charge in [0.05, 0.1) is 17.2 Å². The van der Waals surface area contributed by atoms with E-state index < -0.39 is 6.10 Å². The number of para-hydroxylation sites is 2. The molecule has 0 radical (unpaired) electrons. The molecule has 0 saturated carbocycles. The number of nitrogens with zero attached hydrogens (tertiary/aromatic N) is 3. The van der Waals surface area contributed by atoms with Gasteiger partial charge in [0.1, 0.15) is 17.3 Å². The molecule has 0 saturated heterocycles. The van der Waals surface area contributed by atoms with E-state index in [0.29, 0.717) is 42.0 Å². The Hall–Kier alpha value is -4.33. The molecule has 5 rings (SSSR count). The van der Waals surface area contributed by atoms with Crippen LogP contribution in [0.3, 0.4) is 0 Å². The van der Waals surface area contributed by atoms with E-state index in [9.17, 15) is 14.0 Å². The first kappa shape index (κ1) is 22.5. The van der Waals surface area contributed by atoms with Crippen LogP contribution in [-0.4, -0.2) is 39.3 Å². The maximum Gasteiger partial charge on any atom is 0.275 e. The van der Waals surface area contributed by atoms with Crippen LogP contribution >= 0.6 is 0 Å². The Morgan fingerprint density at radius 1 is 1.11 bits per heavy atom. The molecule has 0 fully saturated rings. The fraction of sp³-hybridized carbons (Fsp3) is 0.185. The summed E-state index contributed by atoms with van der Waals surface area (Å²) in [5.74, 6) is -0.200. The molecule has 35 heavy (non-hydrogen) atoms. The lowest BCUT2D eigenvalue weighted by molar-refractivity contribution is -0.137. The number of hydrogen-bond acceptors (Lipinski definition) is 5. The van der Waals surface area contributed by atoms with Gasteiger partial charge in [-0.05, 0) is 61.4 Å². The van der Waals surface area contributed by atoms with Gasteiger partial charge in [0.25, 0.3) is 11.8 Å². The summed E-state index contributed by atoms with van der Waals surface area (Å²) in [7, 11) is 0. The van der Waals surface area contributed by atoms with Gasteiger partial charge in [-0.1, -0.05) is 24.3 Å². The van der Waals surface area contributed by atoms with Crippen LogP contribution in [0.25, 0.3) is 11.0 Å². The van der Waals surface area contributed by atoms with Crippen molar-refractivity contribution in [3.8, 4) is 5.75 Å². The number of benzene rings is 3. The molecule has 2 heterocycles. The van der Waals surface area contributed by atoms with Crippen molar-refractivity contribution in [1.29, 1.82) is 0 Å². The molecule has 176 valence electrons. The summed E-state index contributed by atoms with van der Waals surface area (Å²) in [6.07, 6.45) is 1.39. The van der Waals surface area contributed by atoms with Gasteiger partial charge in [0, 0.05) is 24.3 Å². The van der Waals surface area contributed by atoms with Crippen molar-refractivity contribution < 1.29 is 18.7 Å². The smallest absolute Gasteiger partial charge is 0.275 e. The molecule has 4 aromatic rings. The first-order valence-electron chi connectivity index (χ1n) is 11.3. The quantitative estimate of drug-likeness (QED) is 0.468. The van der Waals surface area contributed by atoms with Crippen molar-refractivity contribution in [3.63, 3.8) is 0 Å². The summed E-state index contributed by atoms with van der Waals surface area (Å²) in [5, 5.41) is 2.86. The second-order valence-corrected chi connectivity index (χ2v) is 8.42. The maximum absolute atomic E-state index is 13.2. The van der Waals surface area contributed by atoms with Gasteiger partial charge in [-0.25, -0.2) is 9.37 Å². The van der Waals surface area contributed by atoms with Crippen molar-refractivity contribution in [2.75, 3.05) is 11.9 Å². The lowest BCUT2D eigenvalue weighted by atomic mass is 10.1. The number of hydrogen-bond donors (Lipinski definition) is 1. The number of carbonyl (C=O) groups excluding carboxylic acids is 2. The Bertz CT molecular complexity index is 1410. The first-order valence-corrected chi connectivity index (χ1v) is 11.3. The minimum atomic E-state index is -0.641. The highest BCUT2D eigenvalue weighted by atomic mass is 19.1. The van der Waals surface area contributed by atoms with Gasteiger partial charge in [0.2, 0.25) is 0 Å². The third kappa shape index (κ3) is 4.96. The highest BCUT2D eigenvalue weighted by Gasteiger charge is 2.28. The topological polar surface area (TPSA) is 84.4 Å². The minimum Gasteiger partial charge on any atom is -0.481 e. The Balaban J connectivity index is 1.33. The predicted molar refractivity (Wildman–Crippen MR) is 130 cm³/mol. The Kier molecular flexibility index (Phi) is 6.10. The number of carbonyl (C=O) groups is 2. The van der Waals surface area contributed by atoms with Crippen molar-refractivity contribution in [2.45, 2.75) is 26.0 Å². The summed E-state index contributed by atoms with van der Waals surface area (Å²) >= 11 is 0. The molecule has 2 amide bonds. The number of nitrogens with one attached hydrogen (secondary N) is 1. The van der Waals surface area contributed by atoms with Crippen LogP contribution in [0.15, 0.2) is 72.9 Å². The van der Waals surface area contributed by atoms with E-state index in [1.807, 2.05) is 18.2 Å². The number of fused-ring (bicyclic) bond motifs is 2. The van der Waals surface area contributed by atoms with Gasteiger partial charge in [-0.3, -0.25) is 14.6 Å². The van der Waals surface area contributed by atoms with Crippen LogP contribution in [0.2, 0.25) is 0 Å². The zero-order chi connectivity index (χ0) is 24.4. The summed E-state index contributed by atoms with van der Waals surface area (Å²) in [6, 6.07) is 18.9. The number of aromatic nitrogens is 2. The van der Waals surface area contributed by atoms with Gasteiger partial charge < -0.3 is 15.0 Å². The zero-order valence-corrected chi connectivity index (χ0v) is 19.1. The molecule has 1 aromatic heterocycles. The maximum atomic E-state index is 13.2. The number of ether oxygens (including phenoxy) is 1. The monoisotopic (exact) mass is 470 g/mol. The van der Waals surface area contributed by atoms with Crippen molar-refractivity contribution in [3.05, 3.63) is 95.6 Å². The van der Waals surface area contributed by atoms with Gasteiger partial charge in [-0.15, -0.1) is 0 Å². The third-order valence-corrected chi connectivity index (χ3v) is 5.91. The molecular formula is C27H23FN4O3. The summed E-state index contributed by atoms with van der Waals surface area (Å²) in [6.45, 7) is 2.51. The standard InChI is InChI=1S/C27H23FN4O3/c1-17-27(34)32(13-12-18-6-8-20(28)9-7-18)16-19-14-21(10-11-25(19)35-17)30-26(33)24-15-29-22-4-2-3-5-23(22)31-24/h2-11,14-15,17H,12-13,16H2,1H3,(H,30,33)/t17-/m1/s1. The average Bonchev–Trinajstić information content (AvgIpc) is 2.99. The molecule has 8 heteroatoms. The Labute approximate surface area is 201 Å². The number of rotatable bonds is 5. The first-order chi connectivity index (χ1) is 17.0. The number of amides is 2. The van der Waals surface area contributed by atoms with Crippen LogP contribution in [0.4, 0.5) is 10.1 Å². The van der Waals surface area contributed by atoms with Crippen molar-refractivity contribution in [2.24, 2.45) is 0 Å². The van der Waals surface area contributed by atoms with Crippen LogP contribution in [0, 0.1) is 5.82 Å². The Morgan fingerprint density at radius 2 is 1.89 bits per heavy atom. The van der Waals surface area contributed by atoms with Crippen LogP contribution in [0.1, 0.15) is 28.5 Å². The molecule has 0 aliphatic carbocycles. The molecule has 3 aromatic carbocycles. The minimum absolute atomic E-state index is 0.125. The molecule has 0 bridgehead atoms. The van der Waals surface area contributed by atoms with E-state index in [2.05, 4.69) is 15.3 Å². The molecule has 7 nitrogen and oxygen atoms in total. The van der Waals surface area contributed by atoms with E-state index in [-0.39, 0.29) is 23.3 Å². The molecule has 1 atom stereocenters. The molecule has 1 N–H and O–H groups in total. The van der Waals surface area contributed by atoms with Crippen LogP contribution in [0.5, 0.6) is 5.75 Å². The van der Waals surface area contributed by atoms with E-state index in [0.717, 1.165) is 11.1 Å². The lowest BCUT2D eigenvalue weighted by Crippen LogP contribution is -2.39. The second kappa shape index (κ2) is 9.50. The van der Waals surface area contributed by atoms with E-state index >= 15 is 0 Å². The van der Waals surface area contributed by atoms with E-state index in [1.165, 1.54) is 18.3 Å². The second-order valence-electron chi connectivity index (χ2n) is 8.42. The number of halogens is 1. The van der Waals surface area contributed by atoms with Gasteiger partial charge in [-0.2, -0.15) is 0 Å². The van der Waals surface area contributed by atoms with Crippen molar-refractivity contribution >= 4 is 28.5 Å². The highest BCUT2D eigenvalue weighted by molar-refractivity contribution is 6.03. The summed E-state index contributed by atoms with van der Waals surface area (Å²) in [4.78, 5) is 36.1. The highest BCUT2D eigenvalue weighted by Crippen LogP contribution is 2.29. The van der Waals surface area contributed by atoms with Gasteiger partial charge in [0.15, 0.2) is 6.10 Å². The molecule has 0 unspecified atom stereocenters. The van der Waals surface area contributed by atoms with E-state index in [4.69, 9.17) is 4.74 Å². The Morgan fingerprint density at radius 3 is 2.69 bits per heavy atom. The van der Waals surface area contributed by atoms with Crippen LogP contribution < -0.4 is 10.1 Å². The molecule has 1 aliphatic rings. The lowest BCUT2D eigenvalue weighted by Gasteiger charge is -2.22. The summed E-state index contributed by atoms with van der Waals surface area (Å²) < 4.78 is 19.1. The van der Waals surface area contributed by atoms with Crippen molar-refractivity contribution in [1.82, 2.24) is 14.9 Å². The molecule has 1 aliphatic heterocycles. The predicted octanol–water partition coefficient (Wildman–Crippen LogP) is 4.37. The van der Waals surface area contributed by atoms with Gasteiger partial charge >= 0.3 is 0 Å². The third-order valence-electron chi connectivity index (χ3n) is 5.91. The number of anilines is 1. The average molecular weight is 471 g/mol. The fourth-order valence-electron chi connectivity index (χ4n) is 4.04. The van der Waals surface area contributed by atoms with Crippen LogP contribution in [-0.2, 0) is 17.8 Å².